The Morgan fingerprint density at radius 3 is 1.50 bits per heavy atom. The summed E-state index contributed by atoms with van der Waals surface area (Å²) in [5, 5.41) is 0. The maximum atomic E-state index is 10.4. The first-order chi connectivity index (χ1) is 4.09. The molecule has 0 saturated carbocycles. The van der Waals surface area contributed by atoms with E-state index in [2.05, 4.69) is 0 Å². The van der Waals surface area contributed by atoms with Crippen molar-refractivity contribution in [1.82, 2.24) is 0 Å². The van der Waals surface area contributed by atoms with Gasteiger partial charge in [-0.3, -0.25) is 9.59 Å². The van der Waals surface area contributed by atoms with E-state index in [1.54, 1.807) is 0 Å². The minimum Gasteiger partial charge on any atom is -0.302 e. The SMILES string of the molecule is CC(=O)C(C=O)C(C)=O.[Rh]. The molecule has 0 aliphatic heterocycles. The van der Waals surface area contributed by atoms with Gasteiger partial charge in [-0.2, -0.15) is 0 Å². The van der Waals surface area contributed by atoms with Crippen LogP contribution in [0.15, 0.2) is 0 Å². The van der Waals surface area contributed by atoms with Gasteiger partial charge in [0, 0.05) is 19.5 Å². The molecule has 0 unspecified atom stereocenters. The van der Waals surface area contributed by atoms with Gasteiger partial charge in [-0.05, 0) is 13.8 Å². The Bertz CT molecular complexity index is 139. The molecule has 4 heteroatoms. The zero-order valence-electron chi connectivity index (χ0n) is 5.71. The van der Waals surface area contributed by atoms with Gasteiger partial charge in [0.15, 0.2) is 0 Å². The number of carbonyl (C=O) groups is 3. The topological polar surface area (TPSA) is 51.2 Å². The van der Waals surface area contributed by atoms with Gasteiger partial charge in [0.1, 0.15) is 23.8 Å². The number of aldehydes is 1. The van der Waals surface area contributed by atoms with Crippen molar-refractivity contribution in [2.75, 3.05) is 0 Å². The summed E-state index contributed by atoms with van der Waals surface area (Å²) in [4.78, 5) is 30.7. The molecule has 0 aliphatic rings. The fourth-order valence-corrected chi connectivity index (χ4v) is 0.478. The van der Waals surface area contributed by atoms with E-state index in [0.29, 0.717) is 6.29 Å². The van der Waals surface area contributed by atoms with Crippen LogP contribution >= 0.6 is 0 Å². The van der Waals surface area contributed by atoms with Crippen molar-refractivity contribution in [1.29, 1.82) is 0 Å². The minimum atomic E-state index is -1.04. The van der Waals surface area contributed by atoms with Crippen LogP contribution < -0.4 is 0 Å². The predicted octanol–water partition coefficient (Wildman–Crippen LogP) is -0.0230. The molecule has 0 rings (SSSR count). The van der Waals surface area contributed by atoms with E-state index in [0.717, 1.165) is 0 Å². The van der Waals surface area contributed by atoms with Crippen LogP contribution in [0.5, 0.6) is 0 Å². The fourth-order valence-electron chi connectivity index (χ4n) is 0.478. The van der Waals surface area contributed by atoms with Crippen LogP contribution in [0.25, 0.3) is 0 Å². The quantitative estimate of drug-likeness (QED) is 0.389. The van der Waals surface area contributed by atoms with Gasteiger partial charge in [0.25, 0.3) is 0 Å². The molecule has 0 spiro atoms. The Balaban J connectivity index is 0. The third-order valence-corrected chi connectivity index (χ3v) is 1.01. The van der Waals surface area contributed by atoms with E-state index in [-0.39, 0.29) is 19.5 Å². The first-order valence-corrected chi connectivity index (χ1v) is 2.55. The van der Waals surface area contributed by atoms with Crippen molar-refractivity contribution in [3.8, 4) is 0 Å². The van der Waals surface area contributed by atoms with Crippen LogP contribution in [0.1, 0.15) is 13.8 Å². The monoisotopic (exact) mass is 231 g/mol. The van der Waals surface area contributed by atoms with E-state index in [1.165, 1.54) is 13.8 Å². The molecule has 0 bridgehead atoms. The van der Waals surface area contributed by atoms with Gasteiger partial charge in [-0.25, -0.2) is 0 Å². The molecule has 0 fully saturated rings. The maximum absolute atomic E-state index is 10.4. The zero-order chi connectivity index (χ0) is 7.44. The summed E-state index contributed by atoms with van der Waals surface area (Å²) in [5.74, 6) is -1.82. The summed E-state index contributed by atoms with van der Waals surface area (Å²) < 4.78 is 0. The van der Waals surface area contributed by atoms with Gasteiger partial charge in [-0.15, -0.1) is 0 Å². The van der Waals surface area contributed by atoms with Gasteiger partial charge in [0.05, 0.1) is 0 Å². The van der Waals surface area contributed by atoms with Gasteiger partial charge in [0.2, 0.25) is 0 Å². The van der Waals surface area contributed by atoms with Crippen LogP contribution in [0.4, 0.5) is 0 Å². The third-order valence-electron chi connectivity index (χ3n) is 1.01. The molecule has 0 aliphatic carbocycles. The van der Waals surface area contributed by atoms with Crippen molar-refractivity contribution < 1.29 is 33.9 Å². The molecule has 0 atom stereocenters. The molecular weight excluding hydrogens is 223 g/mol. The molecule has 0 aromatic rings. The van der Waals surface area contributed by atoms with Crippen LogP contribution in [0.3, 0.4) is 0 Å². The first-order valence-electron chi connectivity index (χ1n) is 2.55. The molecule has 0 heterocycles. The molecule has 3 nitrogen and oxygen atoms in total. The number of hydrogen-bond donors (Lipinski definition) is 0. The second-order valence-electron chi connectivity index (χ2n) is 1.84. The third kappa shape index (κ3) is 3.62. The molecule has 0 saturated heterocycles. The van der Waals surface area contributed by atoms with Crippen LogP contribution in [-0.4, -0.2) is 17.9 Å². The Kier molecular flexibility index (Phi) is 6.68. The van der Waals surface area contributed by atoms with Crippen molar-refractivity contribution in [3.63, 3.8) is 0 Å². The molecule has 10 heavy (non-hydrogen) atoms. The Hall–Kier alpha value is -0.367. The summed E-state index contributed by atoms with van der Waals surface area (Å²) in [6, 6.07) is 0. The smallest absolute Gasteiger partial charge is 0.147 e. The van der Waals surface area contributed by atoms with Gasteiger partial charge in [-0.1, -0.05) is 0 Å². The summed E-state index contributed by atoms with van der Waals surface area (Å²) in [6.07, 6.45) is 0.366. The van der Waals surface area contributed by atoms with Crippen molar-refractivity contribution in [2.45, 2.75) is 13.8 Å². The van der Waals surface area contributed by atoms with Gasteiger partial charge < -0.3 is 4.79 Å². The van der Waals surface area contributed by atoms with Crippen LogP contribution in [0, 0.1) is 5.92 Å². The van der Waals surface area contributed by atoms with Crippen molar-refractivity contribution >= 4 is 17.9 Å². The fraction of sp³-hybridized carbons (Fsp3) is 0.500. The first kappa shape index (κ1) is 12.3. The standard InChI is InChI=1S/C6H8O3.Rh/c1-4(8)6(3-7)5(2)9;/h3,6H,1-2H3;. The maximum Gasteiger partial charge on any atom is 0.147 e. The number of rotatable bonds is 3. The molecule has 1 radical (unpaired) electrons. The minimum absolute atomic E-state index is 0. The number of carbonyl (C=O) groups excluding carboxylic acids is 3. The number of Topliss-reactive ketones (excluding diaryl/α,β-unsaturated/α-hetero) is 2. The van der Waals surface area contributed by atoms with Gasteiger partial charge >= 0.3 is 0 Å². The van der Waals surface area contributed by atoms with E-state index >= 15 is 0 Å². The van der Waals surface area contributed by atoms with E-state index < -0.39 is 17.5 Å². The summed E-state index contributed by atoms with van der Waals surface area (Å²) in [5.41, 5.74) is 0. The summed E-state index contributed by atoms with van der Waals surface area (Å²) in [7, 11) is 0. The summed E-state index contributed by atoms with van der Waals surface area (Å²) >= 11 is 0. The molecule has 0 N–H and O–H groups in total. The van der Waals surface area contributed by atoms with E-state index in [9.17, 15) is 14.4 Å². The second kappa shape index (κ2) is 5.42. The Morgan fingerprint density at radius 1 is 1.20 bits per heavy atom. The molecule has 0 amide bonds. The number of hydrogen-bond acceptors (Lipinski definition) is 3. The normalized spacial score (nSPS) is 8.30. The Morgan fingerprint density at radius 2 is 1.50 bits per heavy atom. The van der Waals surface area contributed by atoms with Crippen LogP contribution in [0.2, 0.25) is 0 Å². The molecule has 0 aromatic heterocycles. The average Bonchev–Trinajstić information content (AvgIpc) is 1.64. The van der Waals surface area contributed by atoms with E-state index in [1.807, 2.05) is 0 Å². The molecular formula is C6H8O3Rh. The van der Waals surface area contributed by atoms with Crippen molar-refractivity contribution in [2.24, 2.45) is 5.92 Å². The second-order valence-corrected chi connectivity index (χ2v) is 1.84. The molecule has 59 valence electrons. The van der Waals surface area contributed by atoms with Crippen LogP contribution in [-0.2, 0) is 33.9 Å². The Labute approximate surface area is 71.9 Å². The van der Waals surface area contributed by atoms with Crippen molar-refractivity contribution in [3.05, 3.63) is 0 Å². The zero-order valence-corrected chi connectivity index (χ0v) is 7.35. The largest absolute Gasteiger partial charge is 0.302 e. The average molecular weight is 231 g/mol. The summed E-state index contributed by atoms with van der Waals surface area (Å²) in [6.45, 7) is 2.45. The van der Waals surface area contributed by atoms with E-state index in [4.69, 9.17) is 0 Å². The molecule has 0 aromatic carbocycles. The number of ketones is 2. The predicted molar refractivity (Wildman–Crippen MR) is 30.9 cm³/mol.